The Morgan fingerprint density at radius 3 is 1.85 bits per heavy atom. The predicted molar refractivity (Wildman–Crippen MR) is 165 cm³/mol. The molecule has 0 atom stereocenters. The maximum absolute atomic E-state index is 9.24. The molecular formula is C38H24O. The van der Waals surface area contributed by atoms with Crippen molar-refractivity contribution in [3.8, 4) is 33.6 Å². The summed E-state index contributed by atoms with van der Waals surface area (Å²) in [5.74, 6) is 0.585. The summed E-state index contributed by atoms with van der Waals surface area (Å²) in [5, 5.41) is 5.87. The highest BCUT2D eigenvalue weighted by atomic mass is 16.3. The van der Waals surface area contributed by atoms with Gasteiger partial charge >= 0.3 is 0 Å². The Morgan fingerprint density at radius 1 is 0.436 bits per heavy atom. The smallest absolute Gasteiger partial charge is 0.144 e. The van der Waals surface area contributed by atoms with Gasteiger partial charge in [0.15, 0.2) is 0 Å². The fourth-order valence-corrected chi connectivity index (χ4v) is 5.87. The van der Waals surface area contributed by atoms with Crippen LogP contribution < -0.4 is 0 Å². The van der Waals surface area contributed by atoms with Crippen LogP contribution in [0.25, 0.3) is 76.9 Å². The van der Waals surface area contributed by atoms with Crippen LogP contribution in [0.3, 0.4) is 0 Å². The van der Waals surface area contributed by atoms with Crippen molar-refractivity contribution < 1.29 is 9.90 Å². The van der Waals surface area contributed by atoms with E-state index in [4.69, 9.17) is 8.53 Å². The van der Waals surface area contributed by atoms with E-state index in [9.17, 15) is 1.37 Å². The number of hydrogen-bond acceptors (Lipinski definition) is 1. The Bertz CT molecular complexity index is 2390. The van der Waals surface area contributed by atoms with Gasteiger partial charge in [-0.1, -0.05) is 133 Å². The maximum atomic E-state index is 9.24. The second kappa shape index (κ2) is 8.72. The van der Waals surface area contributed by atoms with Crippen LogP contribution in [0, 0.1) is 0 Å². The van der Waals surface area contributed by atoms with E-state index in [1.165, 1.54) is 0 Å². The maximum Gasteiger partial charge on any atom is 0.144 e. The molecule has 1 aromatic heterocycles. The zero-order valence-corrected chi connectivity index (χ0v) is 21.0. The number of benzene rings is 7. The average molecular weight is 501 g/mol. The molecule has 0 aliphatic heterocycles. The van der Waals surface area contributed by atoms with E-state index in [0.29, 0.717) is 27.7 Å². The van der Waals surface area contributed by atoms with Crippen LogP contribution in [0.4, 0.5) is 0 Å². The van der Waals surface area contributed by atoms with Gasteiger partial charge in [-0.2, -0.15) is 0 Å². The first kappa shape index (κ1) is 18.2. The minimum atomic E-state index is -0.267. The molecule has 8 rings (SSSR count). The minimum absolute atomic E-state index is 0.0646. The lowest BCUT2D eigenvalue weighted by Crippen LogP contribution is -1.91. The van der Waals surface area contributed by atoms with Crippen molar-refractivity contribution in [2.45, 2.75) is 0 Å². The third-order valence-corrected chi connectivity index (χ3v) is 7.58. The summed E-state index contributed by atoms with van der Waals surface area (Å²) >= 11 is 0. The molecule has 0 saturated carbocycles. The molecule has 0 aliphatic carbocycles. The van der Waals surface area contributed by atoms with E-state index in [0.717, 1.165) is 49.2 Å². The molecule has 0 radical (unpaired) electrons. The van der Waals surface area contributed by atoms with Crippen LogP contribution in [-0.2, 0) is 0 Å². The zero-order chi connectivity index (χ0) is 29.2. The van der Waals surface area contributed by atoms with Crippen LogP contribution in [0.5, 0.6) is 0 Å². The fourth-order valence-electron chi connectivity index (χ4n) is 5.87. The van der Waals surface area contributed by atoms with Gasteiger partial charge in [0, 0.05) is 16.5 Å². The molecule has 0 N–H and O–H groups in total. The zero-order valence-electron chi connectivity index (χ0n) is 25.0. The van der Waals surface area contributed by atoms with Crippen molar-refractivity contribution >= 4 is 43.3 Å². The molecule has 0 fully saturated rings. The lowest BCUT2D eigenvalue weighted by atomic mass is 9.86. The highest BCUT2D eigenvalue weighted by Crippen LogP contribution is 2.49. The third kappa shape index (κ3) is 3.41. The fraction of sp³-hybridized carbons (Fsp3) is 0. The molecular weight excluding hydrogens is 472 g/mol. The molecule has 1 heteroatoms. The largest absolute Gasteiger partial charge is 0.455 e. The number of rotatable bonds is 3. The van der Waals surface area contributed by atoms with Crippen LogP contribution in [0.2, 0.25) is 0 Å². The van der Waals surface area contributed by atoms with Crippen LogP contribution in [-0.4, -0.2) is 0 Å². The van der Waals surface area contributed by atoms with Crippen LogP contribution in [0.15, 0.2) is 150 Å². The van der Waals surface area contributed by atoms with E-state index in [1.807, 2.05) is 91.0 Å². The summed E-state index contributed by atoms with van der Waals surface area (Å²) in [6.45, 7) is 0. The lowest BCUT2D eigenvalue weighted by Gasteiger charge is -2.17. The first-order valence-electron chi connectivity index (χ1n) is 15.0. The molecule has 1 nitrogen and oxygen atoms in total. The van der Waals surface area contributed by atoms with Crippen molar-refractivity contribution in [1.82, 2.24) is 0 Å². The Balaban J connectivity index is 1.61. The summed E-state index contributed by atoms with van der Waals surface area (Å²) in [6, 6.07) is 39.7. The van der Waals surface area contributed by atoms with Gasteiger partial charge in [-0.3, -0.25) is 0 Å². The lowest BCUT2D eigenvalue weighted by molar-refractivity contribution is 0.634. The third-order valence-electron chi connectivity index (χ3n) is 7.58. The van der Waals surface area contributed by atoms with Crippen molar-refractivity contribution in [3.63, 3.8) is 0 Å². The average Bonchev–Trinajstić information content (AvgIpc) is 3.44. The second-order valence-corrected chi connectivity index (χ2v) is 9.78. The SMILES string of the molecule is [2H]c1c([2H])c([2H])c2c(-c3oc4ccccc4c3-c3ccc4ccccc4c3)c3ccccc3c(-c3ccccc3)c2c1[2H]. The Kier molecular flexibility index (Phi) is 4.06. The summed E-state index contributed by atoms with van der Waals surface area (Å²) in [7, 11) is 0. The Hall–Kier alpha value is -5.14. The molecule has 0 bridgehead atoms. The number of hydrogen-bond donors (Lipinski definition) is 0. The highest BCUT2D eigenvalue weighted by Gasteiger charge is 2.23. The molecule has 182 valence electrons. The van der Waals surface area contributed by atoms with Gasteiger partial charge in [0.2, 0.25) is 0 Å². The molecule has 1 heterocycles. The van der Waals surface area contributed by atoms with Crippen molar-refractivity contribution in [3.05, 3.63) is 145 Å². The Labute approximate surface area is 232 Å². The van der Waals surface area contributed by atoms with Crippen molar-refractivity contribution in [2.75, 3.05) is 0 Å². The van der Waals surface area contributed by atoms with Gasteiger partial charge in [0.25, 0.3) is 0 Å². The molecule has 7 aromatic carbocycles. The van der Waals surface area contributed by atoms with Gasteiger partial charge < -0.3 is 4.42 Å². The van der Waals surface area contributed by atoms with E-state index in [1.54, 1.807) is 0 Å². The van der Waals surface area contributed by atoms with E-state index >= 15 is 0 Å². The summed E-state index contributed by atoms with van der Waals surface area (Å²) in [5.41, 5.74) is 4.92. The first-order chi connectivity index (χ1) is 21.0. The van der Waals surface area contributed by atoms with E-state index < -0.39 is 0 Å². The molecule has 0 unspecified atom stereocenters. The first-order valence-corrected chi connectivity index (χ1v) is 13.0. The molecule has 0 aliphatic rings. The molecule has 0 saturated heterocycles. The van der Waals surface area contributed by atoms with Crippen LogP contribution in [0.1, 0.15) is 5.48 Å². The van der Waals surface area contributed by atoms with Gasteiger partial charge in [-0.05, 0) is 61.1 Å². The van der Waals surface area contributed by atoms with Gasteiger partial charge in [0.1, 0.15) is 11.3 Å². The van der Waals surface area contributed by atoms with Crippen molar-refractivity contribution in [2.24, 2.45) is 0 Å². The quantitative estimate of drug-likeness (QED) is 0.220. The van der Waals surface area contributed by atoms with Gasteiger partial charge in [-0.25, -0.2) is 0 Å². The summed E-state index contributed by atoms with van der Waals surface area (Å²) in [4.78, 5) is 0. The molecule has 39 heavy (non-hydrogen) atoms. The van der Waals surface area contributed by atoms with Gasteiger partial charge in [0.05, 0.1) is 5.48 Å². The van der Waals surface area contributed by atoms with Gasteiger partial charge in [-0.15, -0.1) is 0 Å². The Morgan fingerprint density at radius 2 is 1.05 bits per heavy atom. The summed E-state index contributed by atoms with van der Waals surface area (Å²) < 4.78 is 42.4. The minimum Gasteiger partial charge on any atom is -0.455 e. The number of furan rings is 1. The summed E-state index contributed by atoms with van der Waals surface area (Å²) in [6.07, 6.45) is 0. The topological polar surface area (TPSA) is 13.1 Å². The highest BCUT2D eigenvalue weighted by molar-refractivity contribution is 6.23. The molecule has 0 spiro atoms. The molecule has 0 amide bonds. The van der Waals surface area contributed by atoms with Crippen LogP contribution >= 0.6 is 0 Å². The number of fused-ring (bicyclic) bond motifs is 4. The predicted octanol–water partition coefficient (Wildman–Crippen LogP) is 10.9. The van der Waals surface area contributed by atoms with E-state index in [-0.39, 0.29) is 24.2 Å². The molecule has 8 aromatic rings. The second-order valence-electron chi connectivity index (χ2n) is 9.78. The number of para-hydroxylation sites is 1. The monoisotopic (exact) mass is 500 g/mol. The van der Waals surface area contributed by atoms with E-state index in [2.05, 4.69) is 30.3 Å². The standard InChI is InChI=1S/C38H24O/c1-2-13-26(14-3-1)35-29-16-6-8-18-31(29)37(32-19-9-7-17-30(32)35)38-36(33-20-10-11-21-34(33)39-38)28-23-22-25-12-4-5-15-27(25)24-28/h1-24H/i6D,8D,16D,18D. The normalized spacial score (nSPS) is 13.0. The van der Waals surface area contributed by atoms with Crippen molar-refractivity contribution in [1.29, 1.82) is 0 Å².